The quantitative estimate of drug-likeness (QED) is 0.269. The van der Waals surface area contributed by atoms with Crippen LogP contribution in [0.15, 0.2) is 66.4 Å². The van der Waals surface area contributed by atoms with E-state index >= 15 is 0 Å². The average Bonchev–Trinajstić information content (AvgIpc) is 2.81. The predicted octanol–water partition coefficient (Wildman–Crippen LogP) is 3.62. The molecule has 0 aliphatic carbocycles. The van der Waals surface area contributed by atoms with Gasteiger partial charge in [0.25, 0.3) is 5.69 Å². The molecule has 0 bridgehead atoms. The van der Waals surface area contributed by atoms with Crippen LogP contribution in [0.25, 0.3) is 5.70 Å². The van der Waals surface area contributed by atoms with Gasteiger partial charge in [-0.15, -0.1) is 0 Å². The highest BCUT2D eigenvalue weighted by molar-refractivity contribution is 5.90. The third kappa shape index (κ3) is 6.42. The molecule has 0 aromatic heterocycles. The van der Waals surface area contributed by atoms with Crippen LogP contribution >= 0.6 is 0 Å². The minimum absolute atomic E-state index is 0.0130. The minimum atomic E-state index is -0.441. The van der Waals surface area contributed by atoms with Crippen LogP contribution in [0.3, 0.4) is 0 Å². The maximum Gasteiger partial charge on any atom is 0.335 e. The van der Waals surface area contributed by atoms with E-state index in [0.29, 0.717) is 35.6 Å². The highest BCUT2D eigenvalue weighted by Crippen LogP contribution is 2.22. The van der Waals surface area contributed by atoms with Crippen LogP contribution in [0.5, 0.6) is 5.75 Å². The second kappa shape index (κ2) is 10.9. The number of nitrogens with one attached hydrogen (secondary N) is 1. The largest absolute Gasteiger partial charge is 0.490 e. The molecule has 0 saturated carbocycles. The van der Waals surface area contributed by atoms with Crippen LogP contribution in [0.1, 0.15) is 17.5 Å². The Morgan fingerprint density at radius 1 is 1.13 bits per heavy atom. The van der Waals surface area contributed by atoms with Crippen LogP contribution in [-0.4, -0.2) is 37.8 Å². The van der Waals surface area contributed by atoms with Crippen molar-refractivity contribution in [2.45, 2.75) is 12.8 Å². The average molecular weight is 424 g/mol. The number of ether oxygens (including phenoxy) is 3. The summed E-state index contributed by atoms with van der Waals surface area (Å²) in [5.74, 6) is 0.278. The summed E-state index contributed by atoms with van der Waals surface area (Å²) in [4.78, 5) is 22.7. The third-order valence-corrected chi connectivity index (χ3v) is 4.66. The smallest absolute Gasteiger partial charge is 0.335 e. The molecule has 2 aromatic rings. The van der Waals surface area contributed by atoms with Gasteiger partial charge in [-0.25, -0.2) is 4.79 Å². The molecule has 8 heteroatoms. The first-order chi connectivity index (χ1) is 15.1. The Morgan fingerprint density at radius 3 is 2.61 bits per heavy atom. The normalized spacial score (nSPS) is 12.9. The number of carbonyl (C=O) groups is 1. The van der Waals surface area contributed by atoms with Crippen molar-refractivity contribution in [1.82, 2.24) is 5.32 Å². The number of allylic oxidation sites excluding steroid dienone is 1. The molecule has 0 amide bonds. The standard InChI is InChI=1S/C23H24N2O6/c1-29-12-11-17-5-8-21(9-6-17)30-13-14-31-23(26)19-7-10-22(24-16-19)18-3-2-4-20(15-18)25(27)28/h2-6,8-10,15-16,24H,7,11-14H2,1H3. The molecule has 1 aliphatic heterocycles. The second-order valence-electron chi connectivity index (χ2n) is 6.81. The maximum absolute atomic E-state index is 12.2. The molecule has 31 heavy (non-hydrogen) atoms. The first kappa shape index (κ1) is 22.0. The third-order valence-electron chi connectivity index (χ3n) is 4.66. The van der Waals surface area contributed by atoms with E-state index in [1.807, 2.05) is 24.3 Å². The lowest BCUT2D eigenvalue weighted by Gasteiger charge is -2.15. The number of nitro benzene ring substituents is 1. The summed E-state index contributed by atoms with van der Waals surface area (Å²) >= 11 is 0. The Labute approximate surface area is 180 Å². The van der Waals surface area contributed by atoms with Gasteiger partial charge in [-0.2, -0.15) is 0 Å². The number of esters is 1. The van der Waals surface area contributed by atoms with Gasteiger partial charge in [0.2, 0.25) is 0 Å². The van der Waals surface area contributed by atoms with Gasteiger partial charge in [-0.05, 0) is 24.1 Å². The summed E-state index contributed by atoms with van der Waals surface area (Å²) in [6.07, 6.45) is 4.58. The SMILES string of the molecule is COCCc1ccc(OCCOC(=O)C2=CNC(c3cccc([N+](=O)[O-])c3)=CC2)cc1. The van der Waals surface area contributed by atoms with E-state index in [0.717, 1.165) is 12.0 Å². The summed E-state index contributed by atoms with van der Waals surface area (Å²) in [5, 5.41) is 13.9. The Hall–Kier alpha value is -3.65. The Balaban J connectivity index is 1.42. The van der Waals surface area contributed by atoms with E-state index in [2.05, 4.69) is 5.32 Å². The van der Waals surface area contributed by atoms with Crippen molar-refractivity contribution in [1.29, 1.82) is 0 Å². The van der Waals surface area contributed by atoms with E-state index in [1.54, 1.807) is 31.5 Å². The number of hydrogen-bond donors (Lipinski definition) is 1. The topological polar surface area (TPSA) is 99.9 Å². The molecule has 0 spiro atoms. The number of nitrogens with zero attached hydrogens (tertiary/aromatic N) is 1. The lowest BCUT2D eigenvalue weighted by atomic mass is 10.1. The zero-order valence-electron chi connectivity index (χ0n) is 17.2. The van der Waals surface area contributed by atoms with Crippen molar-refractivity contribution < 1.29 is 23.9 Å². The number of methoxy groups -OCH3 is 1. The highest BCUT2D eigenvalue weighted by Gasteiger charge is 2.16. The van der Waals surface area contributed by atoms with Gasteiger partial charge in [0, 0.05) is 43.1 Å². The molecule has 1 aliphatic rings. The van der Waals surface area contributed by atoms with E-state index in [9.17, 15) is 14.9 Å². The Bertz CT molecular complexity index is 982. The molecule has 2 aromatic carbocycles. The summed E-state index contributed by atoms with van der Waals surface area (Å²) < 4.78 is 15.9. The van der Waals surface area contributed by atoms with Crippen LogP contribution < -0.4 is 10.1 Å². The number of carbonyl (C=O) groups excluding carboxylic acids is 1. The molecule has 1 N–H and O–H groups in total. The van der Waals surface area contributed by atoms with E-state index in [-0.39, 0.29) is 18.9 Å². The molecule has 0 unspecified atom stereocenters. The molecular weight excluding hydrogens is 400 g/mol. The number of nitro groups is 1. The number of dihydropyridines is 1. The second-order valence-corrected chi connectivity index (χ2v) is 6.81. The van der Waals surface area contributed by atoms with E-state index in [4.69, 9.17) is 14.2 Å². The van der Waals surface area contributed by atoms with Gasteiger partial charge < -0.3 is 19.5 Å². The van der Waals surface area contributed by atoms with Gasteiger partial charge in [-0.3, -0.25) is 10.1 Å². The monoisotopic (exact) mass is 424 g/mol. The first-order valence-electron chi connectivity index (χ1n) is 9.85. The Morgan fingerprint density at radius 2 is 1.94 bits per heavy atom. The lowest BCUT2D eigenvalue weighted by molar-refractivity contribution is -0.384. The summed E-state index contributed by atoms with van der Waals surface area (Å²) in [5.41, 5.74) is 3.03. The Kier molecular flexibility index (Phi) is 7.78. The molecule has 162 valence electrons. The molecule has 3 rings (SSSR count). The number of non-ortho nitro benzene ring substituents is 1. The molecular formula is C23H24N2O6. The van der Waals surface area contributed by atoms with E-state index < -0.39 is 10.9 Å². The lowest BCUT2D eigenvalue weighted by Crippen LogP contribution is -2.18. The number of hydrogen-bond acceptors (Lipinski definition) is 7. The molecule has 0 atom stereocenters. The van der Waals surface area contributed by atoms with Crippen molar-refractivity contribution in [3.8, 4) is 5.75 Å². The van der Waals surface area contributed by atoms with Gasteiger partial charge in [-0.1, -0.05) is 30.3 Å². The predicted molar refractivity (Wildman–Crippen MR) is 115 cm³/mol. The molecule has 1 heterocycles. The van der Waals surface area contributed by atoms with Gasteiger partial charge >= 0.3 is 5.97 Å². The fourth-order valence-electron chi connectivity index (χ4n) is 2.98. The number of benzene rings is 2. The van der Waals surface area contributed by atoms with Crippen LogP contribution in [0, 0.1) is 10.1 Å². The molecule has 0 radical (unpaired) electrons. The molecule has 0 fully saturated rings. The summed E-state index contributed by atoms with van der Waals surface area (Å²) in [6.45, 7) is 1.05. The van der Waals surface area contributed by atoms with Crippen molar-refractivity contribution in [3.63, 3.8) is 0 Å². The molecule has 0 saturated heterocycles. The first-order valence-corrected chi connectivity index (χ1v) is 9.85. The highest BCUT2D eigenvalue weighted by atomic mass is 16.6. The fourth-order valence-corrected chi connectivity index (χ4v) is 2.98. The van der Waals surface area contributed by atoms with E-state index in [1.165, 1.54) is 12.1 Å². The van der Waals surface area contributed by atoms with Crippen LogP contribution in [0.4, 0.5) is 5.69 Å². The van der Waals surface area contributed by atoms with Crippen molar-refractivity contribution in [2.75, 3.05) is 26.9 Å². The zero-order chi connectivity index (χ0) is 22.1. The van der Waals surface area contributed by atoms with Gasteiger partial charge in [0.05, 0.1) is 17.1 Å². The number of rotatable bonds is 10. The van der Waals surface area contributed by atoms with Crippen LogP contribution in [0.2, 0.25) is 0 Å². The van der Waals surface area contributed by atoms with Gasteiger partial charge in [0.15, 0.2) is 0 Å². The maximum atomic E-state index is 12.2. The van der Waals surface area contributed by atoms with Crippen molar-refractivity contribution in [2.24, 2.45) is 0 Å². The zero-order valence-corrected chi connectivity index (χ0v) is 17.2. The van der Waals surface area contributed by atoms with Crippen molar-refractivity contribution >= 4 is 17.4 Å². The van der Waals surface area contributed by atoms with Crippen molar-refractivity contribution in [3.05, 3.63) is 87.6 Å². The minimum Gasteiger partial charge on any atom is -0.490 e. The summed E-state index contributed by atoms with van der Waals surface area (Å²) in [7, 11) is 1.67. The summed E-state index contributed by atoms with van der Waals surface area (Å²) in [6, 6.07) is 14.0. The van der Waals surface area contributed by atoms with Gasteiger partial charge in [0.1, 0.15) is 19.0 Å². The molecule has 8 nitrogen and oxygen atoms in total. The van der Waals surface area contributed by atoms with Crippen LogP contribution in [-0.2, 0) is 20.7 Å². The fraction of sp³-hybridized carbons (Fsp3) is 0.261.